The molecule has 2 heterocycles. The minimum atomic E-state index is -3.91. The molecule has 0 fully saturated rings. The molecule has 2 aromatic heterocycles. The molecule has 3 N–H and O–H groups in total. The van der Waals surface area contributed by atoms with Gasteiger partial charge < -0.3 is 10.3 Å². The molecular weight excluding hydrogens is 376 g/mol. The van der Waals surface area contributed by atoms with E-state index in [0.29, 0.717) is 13.0 Å². The summed E-state index contributed by atoms with van der Waals surface area (Å²) in [6, 6.07) is 17.7. The highest BCUT2D eigenvalue weighted by atomic mass is 32.2. The van der Waals surface area contributed by atoms with Crippen LogP contribution in [0, 0.1) is 0 Å². The van der Waals surface area contributed by atoms with Gasteiger partial charge in [0.1, 0.15) is 16.2 Å². The zero-order valence-electron chi connectivity index (χ0n) is 14.9. The van der Waals surface area contributed by atoms with E-state index in [1.807, 2.05) is 30.3 Å². The first-order valence-corrected chi connectivity index (χ1v) is 10.2. The predicted molar refractivity (Wildman–Crippen MR) is 107 cm³/mol. The molecule has 4 aromatic rings. The molecule has 142 valence electrons. The van der Waals surface area contributed by atoms with E-state index in [-0.39, 0.29) is 26.5 Å². The highest BCUT2D eigenvalue weighted by Crippen LogP contribution is 2.34. The van der Waals surface area contributed by atoms with Crippen LogP contribution in [0.3, 0.4) is 0 Å². The average molecular weight is 394 g/mol. The van der Waals surface area contributed by atoms with Crippen molar-refractivity contribution in [3.8, 4) is 0 Å². The number of aryl methyl sites for hydroxylation is 2. The average Bonchev–Trinajstić information content (AvgIpc) is 3.01. The zero-order chi connectivity index (χ0) is 19.7. The number of rotatable bonds is 5. The van der Waals surface area contributed by atoms with Crippen LogP contribution in [-0.4, -0.2) is 23.2 Å². The minimum absolute atomic E-state index is 0.0354. The molecule has 28 heavy (non-hydrogen) atoms. The van der Waals surface area contributed by atoms with Crippen LogP contribution in [0.15, 0.2) is 81.4 Å². The number of hydrogen-bond donors (Lipinski definition) is 2. The van der Waals surface area contributed by atoms with Crippen molar-refractivity contribution in [2.45, 2.75) is 22.8 Å². The van der Waals surface area contributed by atoms with Crippen LogP contribution in [-0.2, 0) is 22.8 Å². The molecule has 0 spiro atoms. The highest BCUT2D eigenvalue weighted by molar-refractivity contribution is 7.92. The van der Waals surface area contributed by atoms with Crippen LogP contribution in [0.4, 0.5) is 5.82 Å². The Kier molecular flexibility index (Phi) is 4.48. The molecule has 0 aliphatic heterocycles. The number of nitrogens with one attached hydrogen (secondary N) is 1. The van der Waals surface area contributed by atoms with Gasteiger partial charge in [-0.3, -0.25) is 4.79 Å². The molecule has 0 atom stereocenters. The Hall–Kier alpha value is -3.39. The fourth-order valence-electron chi connectivity index (χ4n) is 3.32. The third-order valence-electron chi connectivity index (χ3n) is 4.66. The molecule has 0 amide bonds. The number of anilines is 1. The van der Waals surface area contributed by atoms with Gasteiger partial charge in [-0.1, -0.05) is 48.5 Å². The summed E-state index contributed by atoms with van der Waals surface area (Å²) in [5.41, 5.74) is 7.06. The normalized spacial score (nSPS) is 11.7. The van der Waals surface area contributed by atoms with Gasteiger partial charge in [-0.15, -0.1) is 0 Å². The topological polar surface area (TPSA) is 111 Å². The second kappa shape index (κ2) is 6.97. The SMILES string of the molecule is Nc1c(S(=O)(=O)c2ccccc2)c2cn[nH]c(=O)c2n1CCc1ccccc1. The first kappa shape index (κ1) is 18.0. The van der Waals surface area contributed by atoms with Crippen molar-refractivity contribution in [2.75, 3.05) is 5.73 Å². The summed E-state index contributed by atoms with van der Waals surface area (Å²) in [4.78, 5) is 12.5. The van der Waals surface area contributed by atoms with Crippen molar-refractivity contribution in [1.82, 2.24) is 14.8 Å². The second-order valence-electron chi connectivity index (χ2n) is 6.38. The van der Waals surface area contributed by atoms with E-state index in [1.54, 1.807) is 22.8 Å². The molecule has 0 aliphatic rings. The van der Waals surface area contributed by atoms with Crippen LogP contribution >= 0.6 is 0 Å². The monoisotopic (exact) mass is 394 g/mol. The number of nitrogens with two attached hydrogens (primary N) is 1. The van der Waals surface area contributed by atoms with Gasteiger partial charge in [-0.2, -0.15) is 5.10 Å². The maximum Gasteiger partial charge on any atom is 0.288 e. The third-order valence-corrected chi connectivity index (χ3v) is 6.52. The van der Waals surface area contributed by atoms with Crippen molar-refractivity contribution < 1.29 is 8.42 Å². The summed E-state index contributed by atoms with van der Waals surface area (Å²) in [6.07, 6.45) is 1.93. The highest BCUT2D eigenvalue weighted by Gasteiger charge is 2.29. The summed E-state index contributed by atoms with van der Waals surface area (Å²) in [5, 5.41) is 6.37. The Morgan fingerprint density at radius 3 is 2.32 bits per heavy atom. The Morgan fingerprint density at radius 2 is 1.64 bits per heavy atom. The largest absolute Gasteiger partial charge is 0.384 e. The maximum absolute atomic E-state index is 13.2. The minimum Gasteiger partial charge on any atom is -0.384 e. The zero-order valence-corrected chi connectivity index (χ0v) is 15.7. The molecule has 0 aliphatic carbocycles. The van der Waals surface area contributed by atoms with Gasteiger partial charge in [0.25, 0.3) is 5.56 Å². The lowest BCUT2D eigenvalue weighted by Crippen LogP contribution is -2.14. The van der Waals surface area contributed by atoms with E-state index in [2.05, 4.69) is 10.2 Å². The van der Waals surface area contributed by atoms with Gasteiger partial charge in [-0.25, -0.2) is 13.5 Å². The standard InChI is InChI=1S/C20H18N4O3S/c21-19-18(28(26,27)15-9-5-2-6-10-15)16-13-22-23-20(25)17(16)24(19)12-11-14-7-3-1-4-8-14/h1-10,13H,11-12,21H2,(H,23,25). The number of aromatic amines is 1. The van der Waals surface area contributed by atoms with E-state index in [4.69, 9.17) is 5.73 Å². The Labute approximate surface area is 161 Å². The molecule has 7 nitrogen and oxygen atoms in total. The number of nitrogen functional groups attached to an aromatic ring is 1. The maximum atomic E-state index is 13.2. The van der Waals surface area contributed by atoms with Crippen molar-refractivity contribution in [1.29, 1.82) is 0 Å². The number of hydrogen-bond acceptors (Lipinski definition) is 5. The van der Waals surface area contributed by atoms with Crippen molar-refractivity contribution in [2.24, 2.45) is 0 Å². The van der Waals surface area contributed by atoms with Gasteiger partial charge in [0.05, 0.1) is 11.1 Å². The number of H-pyrrole nitrogens is 1. The van der Waals surface area contributed by atoms with Gasteiger partial charge in [0.2, 0.25) is 9.84 Å². The molecule has 4 rings (SSSR count). The lowest BCUT2D eigenvalue weighted by atomic mass is 10.1. The lowest BCUT2D eigenvalue weighted by Gasteiger charge is -2.09. The van der Waals surface area contributed by atoms with E-state index in [9.17, 15) is 13.2 Å². The fraction of sp³-hybridized carbons (Fsp3) is 0.100. The van der Waals surface area contributed by atoms with E-state index < -0.39 is 15.4 Å². The molecule has 0 bridgehead atoms. The second-order valence-corrected chi connectivity index (χ2v) is 8.27. The predicted octanol–water partition coefficient (Wildman–Crippen LogP) is 2.38. The first-order chi connectivity index (χ1) is 13.5. The first-order valence-electron chi connectivity index (χ1n) is 8.69. The summed E-state index contributed by atoms with van der Waals surface area (Å²) in [7, 11) is -3.91. The van der Waals surface area contributed by atoms with E-state index in [1.165, 1.54) is 18.3 Å². The van der Waals surface area contributed by atoms with Gasteiger partial charge in [0.15, 0.2) is 0 Å². The van der Waals surface area contributed by atoms with Crippen LogP contribution in [0.25, 0.3) is 10.9 Å². The summed E-state index contributed by atoms with van der Waals surface area (Å²) in [6.45, 7) is 0.365. The Morgan fingerprint density at radius 1 is 1.00 bits per heavy atom. The molecular formula is C20H18N4O3S. The van der Waals surface area contributed by atoms with Crippen LogP contribution in [0.5, 0.6) is 0 Å². The smallest absolute Gasteiger partial charge is 0.288 e. The van der Waals surface area contributed by atoms with E-state index in [0.717, 1.165) is 5.56 Å². The fourth-order valence-corrected chi connectivity index (χ4v) is 4.90. The number of aromatic nitrogens is 3. The van der Waals surface area contributed by atoms with Crippen LogP contribution in [0.1, 0.15) is 5.56 Å². The Balaban J connectivity index is 1.90. The van der Waals surface area contributed by atoms with Crippen molar-refractivity contribution in [3.05, 3.63) is 82.8 Å². The molecule has 0 saturated heterocycles. The molecule has 8 heteroatoms. The Bertz CT molecular complexity index is 1290. The van der Waals surface area contributed by atoms with E-state index >= 15 is 0 Å². The molecule has 0 saturated carbocycles. The van der Waals surface area contributed by atoms with Gasteiger partial charge >= 0.3 is 0 Å². The summed E-state index contributed by atoms with van der Waals surface area (Å²) in [5.74, 6) is 0.0354. The number of sulfone groups is 1. The quantitative estimate of drug-likeness (QED) is 0.540. The molecule has 0 radical (unpaired) electrons. The number of nitrogens with zero attached hydrogens (tertiary/aromatic N) is 2. The van der Waals surface area contributed by atoms with Crippen molar-refractivity contribution in [3.63, 3.8) is 0 Å². The summed E-state index contributed by atoms with van der Waals surface area (Å²) >= 11 is 0. The molecule has 0 unspecified atom stereocenters. The van der Waals surface area contributed by atoms with Gasteiger partial charge in [0, 0.05) is 11.9 Å². The molecule has 2 aromatic carbocycles. The third kappa shape index (κ3) is 2.97. The van der Waals surface area contributed by atoms with Crippen LogP contribution < -0.4 is 11.3 Å². The lowest BCUT2D eigenvalue weighted by molar-refractivity contribution is 0.596. The summed E-state index contributed by atoms with van der Waals surface area (Å²) < 4.78 is 28.0. The van der Waals surface area contributed by atoms with Gasteiger partial charge in [-0.05, 0) is 24.1 Å². The number of fused-ring (bicyclic) bond motifs is 1. The van der Waals surface area contributed by atoms with Crippen LogP contribution in [0.2, 0.25) is 0 Å². The van der Waals surface area contributed by atoms with Crippen molar-refractivity contribution >= 4 is 26.6 Å². The number of benzene rings is 2.